The van der Waals surface area contributed by atoms with Crippen molar-refractivity contribution in [2.24, 2.45) is 0 Å². The summed E-state index contributed by atoms with van der Waals surface area (Å²) < 4.78 is 0. The molecule has 1 heterocycles. The number of hydrogen-bond donors (Lipinski definition) is 3. The molecule has 0 atom stereocenters. The standard InChI is InChI=1S/C18H17N3O/c1-11-15(12-5-4-6-13(19)9-12)10-16(21-18(11)20)14-7-2-3-8-17(14)22/h2-10,22H,19H2,1H3,(H2,20,21). The number of pyridine rings is 1. The molecule has 4 heteroatoms. The van der Waals surface area contributed by atoms with Crippen molar-refractivity contribution in [2.45, 2.75) is 6.92 Å². The molecule has 110 valence electrons. The number of aromatic nitrogens is 1. The molecule has 0 spiro atoms. The van der Waals surface area contributed by atoms with Gasteiger partial charge in [0.05, 0.1) is 5.69 Å². The molecule has 1 aromatic heterocycles. The number of rotatable bonds is 2. The second kappa shape index (κ2) is 5.41. The van der Waals surface area contributed by atoms with Crippen molar-refractivity contribution in [3.05, 3.63) is 60.2 Å². The van der Waals surface area contributed by atoms with E-state index in [0.717, 1.165) is 16.7 Å². The van der Waals surface area contributed by atoms with Crippen molar-refractivity contribution in [2.75, 3.05) is 11.5 Å². The maximum atomic E-state index is 10.0. The third kappa shape index (κ3) is 2.46. The summed E-state index contributed by atoms with van der Waals surface area (Å²) in [6.07, 6.45) is 0. The predicted octanol–water partition coefficient (Wildman–Crippen LogP) is 3.59. The Hall–Kier alpha value is -3.01. The highest BCUT2D eigenvalue weighted by molar-refractivity contribution is 5.79. The van der Waals surface area contributed by atoms with Crippen LogP contribution in [0.2, 0.25) is 0 Å². The van der Waals surface area contributed by atoms with Crippen molar-refractivity contribution >= 4 is 11.5 Å². The van der Waals surface area contributed by atoms with E-state index in [1.165, 1.54) is 0 Å². The van der Waals surface area contributed by atoms with Gasteiger partial charge in [-0.2, -0.15) is 0 Å². The maximum absolute atomic E-state index is 10.0. The van der Waals surface area contributed by atoms with E-state index in [0.29, 0.717) is 22.8 Å². The lowest BCUT2D eigenvalue weighted by atomic mass is 9.98. The summed E-state index contributed by atoms with van der Waals surface area (Å²) in [7, 11) is 0. The van der Waals surface area contributed by atoms with Gasteiger partial charge in [0.25, 0.3) is 0 Å². The molecule has 22 heavy (non-hydrogen) atoms. The van der Waals surface area contributed by atoms with Gasteiger partial charge >= 0.3 is 0 Å². The Balaban J connectivity index is 2.22. The second-order valence-electron chi connectivity index (χ2n) is 5.21. The molecule has 2 aromatic carbocycles. The zero-order chi connectivity index (χ0) is 15.7. The van der Waals surface area contributed by atoms with Gasteiger partial charge < -0.3 is 16.6 Å². The highest BCUT2D eigenvalue weighted by Gasteiger charge is 2.12. The molecule has 0 fully saturated rings. The summed E-state index contributed by atoms with van der Waals surface area (Å²) in [5.41, 5.74) is 16.7. The quantitative estimate of drug-likeness (QED) is 0.630. The molecular weight excluding hydrogens is 274 g/mol. The molecule has 5 N–H and O–H groups in total. The Morgan fingerprint density at radius 2 is 1.68 bits per heavy atom. The zero-order valence-electron chi connectivity index (χ0n) is 12.2. The summed E-state index contributed by atoms with van der Waals surface area (Å²) in [6, 6.07) is 16.6. The fourth-order valence-electron chi connectivity index (χ4n) is 2.46. The van der Waals surface area contributed by atoms with Gasteiger partial charge in [0.1, 0.15) is 11.6 Å². The van der Waals surface area contributed by atoms with Crippen LogP contribution in [0.25, 0.3) is 22.4 Å². The van der Waals surface area contributed by atoms with Gasteiger partial charge in [0.15, 0.2) is 0 Å². The Kier molecular flexibility index (Phi) is 3.43. The molecule has 3 aromatic rings. The predicted molar refractivity (Wildman–Crippen MR) is 90.3 cm³/mol. The fraction of sp³-hybridized carbons (Fsp3) is 0.0556. The topological polar surface area (TPSA) is 85.2 Å². The Morgan fingerprint density at radius 3 is 2.41 bits per heavy atom. The average Bonchev–Trinajstić information content (AvgIpc) is 2.50. The van der Waals surface area contributed by atoms with Crippen LogP contribution in [-0.4, -0.2) is 10.1 Å². The molecule has 0 aliphatic rings. The van der Waals surface area contributed by atoms with Crippen LogP contribution in [-0.2, 0) is 0 Å². The smallest absolute Gasteiger partial charge is 0.127 e. The minimum Gasteiger partial charge on any atom is -0.507 e. The van der Waals surface area contributed by atoms with E-state index < -0.39 is 0 Å². The molecule has 0 bridgehead atoms. The second-order valence-corrected chi connectivity index (χ2v) is 5.21. The van der Waals surface area contributed by atoms with Gasteiger partial charge in [-0.15, -0.1) is 0 Å². The van der Waals surface area contributed by atoms with Crippen molar-refractivity contribution in [3.8, 4) is 28.1 Å². The van der Waals surface area contributed by atoms with E-state index in [4.69, 9.17) is 11.5 Å². The molecule has 0 saturated carbocycles. The van der Waals surface area contributed by atoms with Crippen LogP contribution in [0, 0.1) is 6.92 Å². The van der Waals surface area contributed by atoms with E-state index in [1.807, 2.05) is 49.4 Å². The average molecular weight is 291 g/mol. The van der Waals surface area contributed by atoms with Gasteiger partial charge in [0, 0.05) is 11.3 Å². The van der Waals surface area contributed by atoms with Gasteiger partial charge in [-0.3, -0.25) is 0 Å². The molecule has 0 radical (unpaired) electrons. The summed E-state index contributed by atoms with van der Waals surface area (Å²) in [4.78, 5) is 4.40. The minimum absolute atomic E-state index is 0.178. The van der Waals surface area contributed by atoms with Crippen LogP contribution in [0.4, 0.5) is 11.5 Å². The molecule has 0 unspecified atom stereocenters. The first-order valence-corrected chi connectivity index (χ1v) is 6.97. The Morgan fingerprint density at radius 1 is 0.909 bits per heavy atom. The van der Waals surface area contributed by atoms with Crippen molar-refractivity contribution in [3.63, 3.8) is 0 Å². The molecule has 0 aliphatic heterocycles. The Bertz CT molecular complexity index is 843. The Labute approximate surface area is 129 Å². The third-order valence-corrected chi connectivity index (χ3v) is 3.69. The number of aromatic hydroxyl groups is 1. The summed E-state index contributed by atoms with van der Waals surface area (Å²) in [5, 5.41) is 10.0. The zero-order valence-corrected chi connectivity index (χ0v) is 12.2. The first kappa shape index (κ1) is 13.9. The van der Waals surface area contributed by atoms with Crippen LogP contribution in [0.3, 0.4) is 0 Å². The van der Waals surface area contributed by atoms with E-state index >= 15 is 0 Å². The van der Waals surface area contributed by atoms with E-state index in [9.17, 15) is 5.11 Å². The largest absolute Gasteiger partial charge is 0.507 e. The third-order valence-electron chi connectivity index (χ3n) is 3.69. The summed E-state index contributed by atoms with van der Waals surface area (Å²) in [6.45, 7) is 1.93. The number of benzene rings is 2. The molecule has 3 rings (SSSR count). The maximum Gasteiger partial charge on any atom is 0.127 e. The highest BCUT2D eigenvalue weighted by atomic mass is 16.3. The molecule has 0 aliphatic carbocycles. The van der Waals surface area contributed by atoms with Crippen molar-refractivity contribution in [1.29, 1.82) is 0 Å². The van der Waals surface area contributed by atoms with E-state index in [1.54, 1.807) is 12.1 Å². The number of nitrogen functional groups attached to an aromatic ring is 2. The first-order chi connectivity index (χ1) is 10.6. The van der Waals surface area contributed by atoms with Crippen molar-refractivity contribution in [1.82, 2.24) is 4.98 Å². The number of hydrogen-bond acceptors (Lipinski definition) is 4. The van der Waals surface area contributed by atoms with Crippen LogP contribution < -0.4 is 11.5 Å². The van der Waals surface area contributed by atoms with Crippen LogP contribution >= 0.6 is 0 Å². The number of anilines is 2. The molecular formula is C18H17N3O. The number of phenols is 1. The van der Waals surface area contributed by atoms with Crippen LogP contribution in [0.5, 0.6) is 5.75 Å². The molecule has 0 amide bonds. The summed E-state index contributed by atoms with van der Waals surface area (Å²) in [5.74, 6) is 0.620. The lowest BCUT2D eigenvalue weighted by molar-refractivity contribution is 0.477. The van der Waals surface area contributed by atoms with Gasteiger partial charge in [-0.05, 0) is 53.9 Å². The van der Waals surface area contributed by atoms with Crippen LogP contribution in [0.1, 0.15) is 5.56 Å². The lowest BCUT2D eigenvalue weighted by Crippen LogP contribution is -1.99. The number of para-hydroxylation sites is 1. The van der Waals surface area contributed by atoms with Gasteiger partial charge in [0.2, 0.25) is 0 Å². The SMILES string of the molecule is Cc1c(-c2cccc(N)c2)cc(-c2ccccc2O)nc1N. The van der Waals surface area contributed by atoms with Crippen LogP contribution in [0.15, 0.2) is 54.6 Å². The fourth-order valence-corrected chi connectivity index (χ4v) is 2.46. The number of nitrogens with zero attached hydrogens (tertiary/aromatic N) is 1. The molecule has 0 saturated heterocycles. The number of nitrogens with two attached hydrogens (primary N) is 2. The monoisotopic (exact) mass is 291 g/mol. The van der Waals surface area contributed by atoms with Gasteiger partial charge in [-0.1, -0.05) is 24.3 Å². The normalized spacial score (nSPS) is 10.6. The first-order valence-electron chi connectivity index (χ1n) is 6.97. The summed E-state index contributed by atoms with van der Waals surface area (Å²) >= 11 is 0. The highest BCUT2D eigenvalue weighted by Crippen LogP contribution is 2.34. The molecule has 4 nitrogen and oxygen atoms in total. The van der Waals surface area contributed by atoms with E-state index in [-0.39, 0.29) is 5.75 Å². The van der Waals surface area contributed by atoms with E-state index in [2.05, 4.69) is 4.98 Å². The number of phenolic OH excluding ortho intramolecular Hbond substituents is 1. The minimum atomic E-state index is 0.178. The van der Waals surface area contributed by atoms with Crippen molar-refractivity contribution < 1.29 is 5.11 Å². The van der Waals surface area contributed by atoms with Gasteiger partial charge in [-0.25, -0.2) is 4.98 Å². The lowest BCUT2D eigenvalue weighted by Gasteiger charge is -2.12.